The average molecular weight is 320 g/mol. The number of methoxy groups -OCH3 is 1. The molecule has 2 aromatic carbocycles. The molecule has 0 aliphatic carbocycles. The zero-order valence-electron chi connectivity index (χ0n) is 12.7. The van der Waals surface area contributed by atoms with Gasteiger partial charge in [-0.3, -0.25) is 0 Å². The van der Waals surface area contributed by atoms with E-state index in [2.05, 4.69) is 17.4 Å². The number of hydrogen-bond donors (Lipinski definition) is 2. The van der Waals surface area contributed by atoms with Gasteiger partial charge < -0.3 is 15.2 Å². The number of benzene rings is 2. The topological polar surface area (TPSA) is 41.5 Å². The first-order chi connectivity index (χ1) is 10.7. The van der Waals surface area contributed by atoms with Crippen LogP contribution < -0.4 is 5.32 Å². The van der Waals surface area contributed by atoms with Crippen molar-refractivity contribution < 1.29 is 9.84 Å². The van der Waals surface area contributed by atoms with Gasteiger partial charge in [0.05, 0.1) is 19.3 Å². The van der Waals surface area contributed by atoms with Crippen LogP contribution in [0.15, 0.2) is 54.6 Å². The van der Waals surface area contributed by atoms with Crippen LogP contribution in [0, 0.1) is 0 Å². The van der Waals surface area contributed by atoms with Gasteiger partial charge in [0.1, 0.15) is 0 Å². The first-order valence-corrected chi connectivity index (χ1v) is 7.76. The Labute approximate surface area is 136 Å². The van der Waals surface area contributed by atoms with Crippen molar-refractivity contribution in [1.82, 2.24) is 5.32 Å². The second-order valence-corrected chi connectivity index (χ2v) is 5.73. The van der Waals surface area contributed by atoms with E-state index in [4.69, 9.17) is 16.3 Å². The molecule has 3 nitrogen and oxygen atoms in total. The molecular formula is C18H22ClNO2. The van der Waals surface area contributed by atoms with Gasteiger partial charge in [-0.05, 0) is 29.7 Å². The first-order valence-electron chi connectivity index (χ1n) is 7.38. The minimum atomic E-state index is -0.138. The Hall–Kier alpha value is -1.39. The quantitative estimate of drug-likeness (QED) is 0.785. The Morgan fingerprint density at radius 3 is 2.36 bits per heavy atom. The fourth-order valence-electron chi connectivity index (χ4n) is 2.50. The summed E-state index contributed by atoms with van der Waals surface area (Å²) in [5, 5.41) is 13.9. The van der Waals surface area contributed by atoms with E-state index in [1.54, 1.807) is 7.11 Å². The van der Waals surface area contributed by atoms with E-state index in [1.807, 2.05) is 42.5 Å². The molecule has 0 fully saturated rings. The van der Waals surface area contributed by atoms with Crippen LogP contribution in [0.1, 0.15) is 17.2 Å². The van der Waals surface area contributed by atoms with E-state index in [0.717, 1.165) is 12.0 Å². The second kappa shape index (κ2) is 8.91. The van der Waals surface area contributed by atoms with Gasteiger partial charge in [0.25, 0.3) is 0 Å². The molecule has 2 N–H and O–H groups in total. The monoisotopic (exact) mass is 319 g/mol. The fraction of sp³-hybridized carbons (Fsp3) is 0.333. The van der Waals surface area contributed by atoms with Crippen LogP contribution in [0.2, 0.25) is 5.02 Å². The summed E-state index contributed by atoms with van der Waals surface area (Å²) in [7, 11) is 1.69. The van der Waals surface area contributed by atoms with Crippen molar-refractivity contribution in [3.63, 3.8) is 0 Å². The zero-order chi connectivity index (χ0) is 15.8. The molecule has 0 heterocycles. The van der Waals surface area contributed by atoms with Gasteiger partial charge in [0.2, 0.25) is 0 Å². The number of aliphatic hydroxyl groups excluding tert-OH is 1. The number of aliphatic hydroxyl groups is 1. The molecule has 2 unspecified atom stereocenters. The molecule has 0 aliphatic rings. The zero-order valence-corrected chi connectivity index (χ0v) is 13.5. The lowest BCUT2D eigenvalue weighted by Crippen LogP contribution is -2.39. The van der Waals surface area contributed by atoms with Gasteiger partial charge in [-0.2, -0.15) is 0 Å². The molecule has 2 rings (SSSR count). The van der Waals surface area contributed by atoms with Gasteiger partial charge in [-0.25, -0.2) is 0 Å². The molecule has 4 heteroatoms. The molecule has 0 bridgehead atoms. The molecule has 2 aromatic rings. The SMILES string of the molecule is COCC(Cc1ccccc1)NC(CO)c1ccc(Cl)cc1. The van der Waals surface area contributed by atoms with Gasteiger partial charge in [-0.1, -0.05) is 54.1 Å². The Balaban J connectivity index is 2.06. The number of halogens is 1. The van der Waals surface area contributed by atoms with Gasteiger partial charge in [0.15, 0.2) is 0 Å². The first kappa shape index (κ1) is 17.0. The molecule has 2 atom stereocenters. The van der Waals surface area contributed by atoms with Crippen molar-refractivity contribution >= 4 is 11.6 Å². The van der Waals surface area contributed by atoms with E-state index in [9.17, 15) is 5.11 Å². The van der Waals surface area contributed by atoms with E-state index in [1.165, 1.54) is 5.56 Å². The Bertz CT molecular complexity index is 545. The van der Waals surface area contributed by atoms with Gasteiger partial charge >= 0.3 is 0 Å². The molecule has 0 saturated carbocycles. The molecule has 0 aromatic heterocycles. The maximum absolute atomic E-state index is 9.70. The van der Waals surface area contributed by atoms with E-state index < -0.39 is 0 Å². The summed E-state index contributed by atoms with van der Waals surface area (Å²) in [4.78, 5) is 0. The highest BCUT2D eigenvalue weighted by Crippen LogP contribution is 2.17. The lowest BCUT2D eigenvalue weighted by Gasteiger charge is -2.25. The summed E-state index contributed by atoms with van der Waals surface area (Å²) in [5.74, 6) is 0. The van der Waals surface area contributed by atoms with E-state index >= 15 is 0 Å². The Morgan fingerprint density at radius 1 is 1.09 bits per heavy atom. The third kappa shape index (κ3) is 5.11. The lowest BCUT2D eigenvalue weighted by atomic mass is 10.0. The minimum absolute atomic E-state index is 0.0244. The van der Waals surface area contributed by atoms with Gasteiger partial charge in [-0.15, -0.1) is 0 Å². The molecule has 22 heavy (non-hydrogen) atoms. The molecule has 0 saturated heterocycles. The van der Waals surface area contributed by atoms with E-state index in [-0.39, 0.29) is 18.7 Å². The Kier molecular flexibility index (Phi) is 6.87. The molecule has 0 aliphatic heterocycles. The van der Waals surface area contributed by atoms with Gasteiger partial charge in [0, 0.05) is 18.2 Å². The highest BCUT2D eigenvalue weighted by molar-refractivity contribution is 6.30. The van der Waals surface area contributed by atoms with Crippen LogP contribution in [0.5, 0.6) is 0 Å². The highest BCUT2D eigenvalue weighted by atomic mass is 35.5. The molecule has 0 spiro atoms. The average Bonchev–Trinajstić information content (AvgIpc) is 2.54. The predicted molar refractivity (Wildman–Crippen MR) is 90.2 cm³/mol. The second-order valence-electron chi connectivity index (χ2n) is 5.30. The maximum Gasteiger partial charge on any atom is 0.0626 e. The number of nitrogens with one attached hydrogen (secondary N) is 1. The number of rotatable bonds is 8. The standard InChI is InChI=1S/C18H22ClNO2/c1-22-13-17(11-14-5-3-2-4-6-14)20-18(12-21)15-7-9-16(19)10-8-15/h2-10,17-18,20-21H,11-13H2,1H3. The predicted octanol–water partition coefficient (Wildman–Crippen LogP) is 3.22. The third-order valence-corrected chi connectivity index (χ3v) is 3.84. The summed E-state index contributed by atoms with van der Waals surface area (Å²) < 4.78 is 5.31. The van der Waals surface area contributed by atoms with Crippen LogP contribution in [0.25, 0.3) is 0 Å². The summed E-state index contributed by atoms with van der Waals surface area (Å²) >= 11 is 5.92. The largest absolute Gasteiger partial charge is 0.394 e. The minimum Gasteiger partial charge on any atom is -0.394 e. The van der Waals surface area contributed by atoms with Crippen molar-refractivity contribution in [2.75, 3.05) is 20.3 Å². The van der Waals surface area contributed by atoms with Crippen LogP contribution in [0.4, 0.5) is 0 Å². The summed E-state index contributed by atoms with van der Waals surface area (Å²) in [5.41, 5.74) is 2.26. The highest BCUT2D eigenvalue weighted by Gasteiger charge is 2.17. The Morgan fingerprint density at radius 2 is 1.77 bits per heavy atom. The summed E-state index contributed by atoms with van der Waals surface area (Å²) in [6, 6.07) is 17.8. The molecular weight excluding hydrogens is 298 g/mol. The smallest absolute Gasteiger partial charge is 0.0626 e. The van der Waals surface area contributed by atoms with Crippen molar-refractivity contribution in [3.05, 3.63) is 70.7 Å². The molecule has 0 amide bonds. The van der Waals surface area contributed by atoms with Crippen molar-refractivity contribution in [2.24, 2.45) is 0 Å². The summed E-state index contributed by atoms with van der Waals surface area (Å²) in [6.07, 6.45) is 0.846. The molecule has 118 valence electrons. The number of ether oxygens (including phenoxy) is 1. The molecule has 0 radical (unpaired) electrons. The number of hydrogen-bond acceptors (Lipinski definition) is 3. The lowest BCUT2D eigenvalue weighted by molar-refractivity contribution is 0.148. The van der Waals surface area contributed by atoms with E-state index in [0.29, 0.717) is 11.6 Å². The van der Waals surface area contributed by atoms with Crippen molar-refractivity contribution in [1.29, 1.82) is 0 Å². The fourth-order valence-corrected chi connectivity index (χ4v) is 2.63. The maximum atomic E-state index is 9.70. The summed E-state index contributed by atoms with van der Waals surface area (Å²) in [6.45, 7) is 0.607. The van der Waals surface area contributed by atoms with Crippen LogP contribution in [-0.2, 0) is 11.2 Å². The van der Waals surface area contributed by atoms with Crippen molar-refractivity contribution in [3.8, 4) is 0 Å². The van der Waals surface area contributed by atoms with Crippen molar-refractivity contribution in [2.45, 2.75) is 18.5 Å². The van der Waals surface area contributed by atoms with Crippen LogP contribution >= 0.6 is 11.6 Å². The van der Waals surface area contributed by atoms with Crippen LogP contribution in [0.3, 0.4) is 0 Å². The third-order valence-electron chi connectivity index (χ3n) is 3.58. The van der Waals surface area contributed by atoms with Crippen LogP contribution in [-0.4, -0.2) is 31.5 Å². The normalized spacial score (nSPS) is 13.8.